The zero-order valence-corrected chi connectivity index (χ0v) is 8.02. The number of oxime groups is 1. The molecule has 0 amide bonds. The first-order valence-corrected chi connectivity index (χ1v) is 3.99. The fourth-order valence-corrected chi connectivity index (χ4v) is 0.911. The molecule has 1 aromatic rings. The third kappa shape index (κ3) is 2.20. The van der Waals surface area contributed by atoms with Gasteiger partial charge in [0.15, 0.2) is 5.17 Å². The molecule has 0 aromatic carbocycles. The molecule has 0 aliphatic heterocycles. The smallest absolute Gasteiger partial charge is 0.356 e. The molecular weight excluding hydrogens is 208 g/mol. The Hall–Kier alpha value is -1.62. The maximum absolute atomic E-state index is 11.0. The van der Waals surface area contributed by atoms with Crippen LogP contribution in [0.2, 0.25) is 0 Å². The molecule has 0 atom stereocenters. The molecule has 1 heterocycles. The van der Waals surface area contributed by atoms with Crippen LogP contribution in [0.15, 0.2) is 23.5 Å². The largest absolute Gasteiger partial charge is 0.464 e. The van der Waals surface area contributed by atoms with Crippen molar-refractivity contribution in [1.29, 1.82) is 0 Å². The zero-order valence-electron chi connectivity index (χ0n) is 7.27. The predicted molar refractivity (Wildman–Crippen MR) is 49.8 cm³/mol. The van der Waals surface area contributed by atoms with Crippen LogP contribution in [0.3, 0.4) is 0 Å². The van der Waals surface area contributed by atoms with Crippen molar-refractivity contribution in [2.45, 2.75) is 0 Å². The van der Waals surface area contributed by atoms with Crippen molar-refractivity contribution in [3.8, 4) is 0 Å². The van der Waals surface area contributed by atoms with Crippen LogP contribution in [0.4, 0.5) is 0 Å². The van der Waals surface area contributed by atoms with E-state index in [-0.39, 0.29) is 10.9 Å². The quantitative estimate of drug-likeness (QED) is 0.348. The number of hydrogen-bond donors (Lipinski definition) is 1. The molecule has 6 heteroatoms. The van der Waals surface area contributed by atoms with Crippen LogP contribution in [0.1, 0.15) is 16.1 Å². The van der Waals surface area contributed by atoms with E-state index in [4.69, 9.17) is 16.8 Å². The number of nitrogens with zero attached hydrogens (tertiary/aromatic N) is 2. The Labute approximate surface area is 85.0 Å². The van der Waals surface area contributed by atoms with Gasteiger partial charge in [0, 0.05) is 11.8 Å². The molecule has 0 fully saturated rings. The molecular formula is C8H7ClN2O3. The van der Waals surface area contributed by atoms with Crippen molar-refractivity contribution in [2.75, 3.05) is 7.11 Å². The van der Waals surface area contributed by atoms with Gasteiger partial charge in [-0.05, 0) is 12.1 Å². The fraction of sp³-hybridized carbons (Fsp3) is 0.125. The van der Waals surface area contributed by atoms with Gasteiger partial charge >= 0.3 is 5.97 Å². The lowest BCUT2D eigenvalue weighted by atomic mass is 10.2. The molecule has 1 aromatic heterocycles. The van der Waals surface area contributed by atoms with E-state index in [9.17, 15) is 4.79 Å². The summed E-state index contributed by atoms with van der Waals surface area (Å²) in [7, 11) is 1.26. The summed E-state index contributed by atoms with van der Waals surface area (Å²) in [6, 6.07) is 2.93. The van der Waals surface area contributed by atoms with Crippen LogP contribution in [0, 0.1) is 0 Å². The van der Waals surface area contributed by atoms with Crippen molar-refractivity contribution in [2.24, 2.45) is 5.16 Å². The minimum Gasteiger partial charge on any atom is -0.464 e. The standard InChI is InChI=1S/C8H7ClN2O3/c1-14-8(12)6-3-2-5(4-10-6)7(9)11-13/h2-4,13H,1H3/b11-7-. The van der Waals surface area contributed by atoms with E-state index in [2.05, 4.69) is 14.9 Å². The Bertz CT molecular complexity index is 361. The third-order valence-electron chi connectivity index (χ3n) is 1.48. The second-order valence-electron chi connectivity index (χ2n) is 2.31. The summed E-state index contributed by atoms with van der Waals surface area (Å²) in [6.45, 7) is 0. The number of rotatable bonds is 2. The highest BCUT2D eigenvalue weighted by Crippen LogP contribution is 2.05. The van der Waals surface area contributed by atoms with Crippen LogP contribution in [0.25, 0.3) is 0 Å². The van der Waals surface area contributed by atoms with Crippen molar-refractivity contribution in [1.82, 2.24) is 4.98 Å². The molecule has 5 nitrogen and oxygen atoms in total. The van der Waals surface area contributed by atoms with E-state index in [0.717, 1.165) is 0 Å². The molecule has 0 saturated carbocycles. The number of pyridine rings is 1. The maximum atomic E-state index is 11.0. The summed E-state index contributed by atoms with van der Waals surface area (Å²) in [5, 5.41) is 11.0. The number of carbonyl (C=O) groups is 1. The number of halogens is 1. The van der Waals surface area contributed by atoms with Gasteiger partial charge in [-0.2, -0.15) is 0 Å². The van der Waals surface area contributed by atoms with Crippen molar-refractivity contribution in [3.63, 3.8) is 0 Å². The van der Waals surface area contributed by atoms with Crippen molar-refractivity contribution >= 4 is 22.7 Å². The highest BCUT2D eigenvalue weighted by molar-refractivity contribution is 6.69. The predicted octanol–water partition coefficient (Wildman–Crippen LogP) is 1.24. The van der Waals surface area contributed by atoms with Gasteiger partial charge < -0.3 is 9.94 Å². The first-order chi connectivity index (χ1) is 6.69. The first kappa shape index (κ1) is 10.5. The van der Waals surface area contributed by atoms with Crippen molar-refractivity contribution in [3.05, 3.63) is 29.6 Å². The normalized spacial score (nSPS) is 11.1. The Balaban J connectivity index is 2.95. The van der Waals surface area contributed by atoms with Crippen LogP contribution in [-0.2, 0) is 4.74 Å². The van der Waals surface area contributed by atoms with Gasteiger partial charge in [-0.15, -0.1) is 0 Å². The Morgan fingerprint density at radius 3 is 2.79 bits per heavy atom. The van der Waals surface area contributed by atoms with Gasteiger partial charge in [0.2, 0.25) is 0 Å². The second-order valence-corrected chi connectivity index (χ2v) is 2.67. The molecule has 0 radical (unpaired) electrons. The zero-order chi connectivity index (χ0) is 10.6. The van der Waals surface area contributed by atoms with Crippen LogP contribution < -0.4 is 0 Å². The number of hydrogen-bond acceptors (Lipinski definition) is 5. The minimum absolute atomic E-state index is 0.0890. The minimum atomic E-state index is -0.534. The Morgan fingerprint density at radius 1 is 1.64 bits per heavy atom. The SMILES string of the molecule is COC(=O)c1ccc(/C(Cl)=N/O)cn1. The summed E-state index contributed by atoms with van der Waals surface area (Å²) in [4.78, 5) is 14.7. The average Bonchev–Trinajstić information content (AvgIpc) is 2.27. The highest BCUT2D eigenvalue weighted by atomic mass is 35.5. The molecule has 0 aliphatic carbocycles. The van der Waals surface area contributed by atoms with Crippen LogP contribution in [0.5, 0.6) is 0 Å². The van der Waals surface area contributed by atoms with E-state index in [1.54, 1.807) is 0 Å². The number of aromatic nitrogens is 1. The van der Waals surface area contributed by atoms with E-state index < -0.39 is 5.97 Å². The summed E-state index contributed by atoms with van der Waals surface area (Å²) >= 11 is 5.50. The molecule has 0 aliphatic rings. The lowest BCUT2D eigenvalue weighted by molar-refractivity contribution is 0.0594. The highest BCUT2D eigenvalue weighted by Gasteiger charge is 2.07. The Morgan fingerprint density at radius 2 is 2.36 bits per heavy atom. The van der Waals surface area contributed by atoms with Gasteiger partial charge in [0.1, 0.15) is 5.69 Å². The van der Waals surface area contributed by atoms with Gasteiger partial charge in [-0.1, -0.05) is 16.8 Å². The monoisotopic (exact) mass is 214 g/mol. The maximum Gasteiger partial charge on any atom is 0.356 e. The molecule has 14 heavy (non-hydrogen) atoms. The van der Waals surface area contributed by atoms with Gasteiger partial charge in [-0.3, -0.25) is 0 Å². The number of carbonyl (C=O) groups excluding carboxylic acids is 1. The number of methoxy groups -OCH3 is 1. The number of esters is 1. The molecule has 0 unspecified atom stereocenters. The second kappa shape index (κ2) is 4.57. The molecule has 0 saturated heterocycles. The summed E-state index contributed by atoms with van der Waals surface area (Å²) in [5.74, 6) is -0.534. The fourth-order valence-electron chi connectivity index (χ4n) is 0.799. The van der Waals surface area contributed by atoms with E-state index >= 15 is 0 Å². The van der Waals surface area contributed by atoms with Crippen LogP contribution in [-0.4, -0.2) is 28.4 Å². The molecule has 74 valence electrons. The van der Waals surface area contributed by atoms with E-state index in [0.29, 0.717) is 5.56 Å². The topological polar surface area (TPSA) is 71.8 Å². The van der Waals surface area contributed by atoms with E-state index in [1.807, 2.05) is 0 Å². The Kier molecular flexibility index (Phi) is 3.41. The number of ether oxygens (including phenoxy) is 1. The summed E-state index contributed by atoms with van der Waals surface area (Å²) in [6.07, 6.45) is 1.31. The van der Waals surface area contributed by atoms with Crippen LogP contribution >= 0.6 is 11.6 Å². The molecule has 0 bridgehead atoms. The lowest BCUT2D eigenvalue weighted by Crippen LogP contribution is -2.04. The average molecular weight is 215 g/mol. The molecule has 1 N–H and O–H groups in total. The van der Waals surface area contributed by atoms with E-state index in [1.165, 1.54) is 25.4 Å². The van der Waals surface area contributed by atoms with Gasteiger partial charge in [0.25, 0.3) is 0 Å². The third-order valence-corrected chi connectivity index (χ3v) is 1.78. The lowest BCUT2D eigenvalue weighted by Gasteiger charge is -1.99. The van der Waals surface area contributed by atoms with Gasteiger partial charge in [-0.25, -0.2) is 9.78 Å². The summed E-state index contributed by atoms with van der Waals surface area (Å²) in [5.41, 5.74) is 0.584. The summed E-state index contributed by atoms with van der Waals surface area (Å²) < 4.78 is 4.45. The molecule has 1 rings (SSSR count). The first-order valence-electron chi connectivity index (χ1n) is 3.61. The van der Waals surface area contributed by atoms with Gasteiger partial charge in [0.05, 0.1) is 7.11 Å². The van der Waals surface area contributed by atoms with Crippen molar-refractivity contribution < 1.29 is 14.7 Å². The molecule has 0 spiro atoms.